The van der Waals surface area contributed by atoms with E-state index in [2.05, 4.69) is 0 Å². The van der Waals surface area contributed by atoms with Gasteiger partial charge >= 0.3 is 5.97 Å². The Morgan fingerprint density at radius 3 is 2.50 bits per heavy atom. The van der Waals surface area contributed by atoms with E-state index < -0.39 is 5.97 Å². The molecule has 0 aromatic heterocycles. The number of likely N-dealkylation sites (tertiary alicyclic amines) is 1. The molecule has 0 spiro atoms. The van der Waals surface area contributed by atoms with Crippen LogP contribution in [-0.2, 0) is 4.79 Å². The molecule has 3 nitrogen and oxygen atoms in total. The van der Waals surface area contributed by atoms with E-state index in [4.69, 9.17) is 5.11 Å². The molecular formula is C8H17NO2S. The fourth-order valence-electron chi connectivity index (χ4n) is 1.67. The lowest BCUT2D eigenvalue weighted by Crippen LogP contribution is -2.40. The maximum atomic E-state index is 10.7. The summed E-state index contributed by atoms with van der Waals surface area (Å²) in [5.41, 5.74) is 0. The molecular weight excluding hydrogens is 174 g/mol. The quantitative estimate of drug-likeness (QED) is 0.709. The molecule has 1 rings (SSSR count). The molecule has 12 heavy (non-hydrogen) atoms. The van der Waals surface area contributed by atoms with Gasteiger partial charge in [0.1, 0.15) is 6.04 Å². The number of hydrogen-bond donors (Lipinski definition) is 1. The number of carboxylic acids is 1. The normalized spacial score (nSPS) is 24.1. The summed E-state index contributed by atoms with van der Waals surface area (Å²) in [5, 5.41) is 8.79. The highest BCUT2D eigenvalue weighted by Gasteiger charge is 2.31. The van der Waals surface area contributed by atoms with E-state index in [1.165, 1.54) is 0 Å². The van der Waals surface area contributed by atoms with Crippen molar-refractivity contribution in [2.75, 3.05) is 6.54 Å². The first-order chi connectivity index (χ1) is 5.13. The molecule has 1 N–H and O–H groups in total. The van der Waals surface area contributed by atoms with Gasteiger partial charge in [-0.05, 0) is 33.2 Å². The van der Waals surface area contributed by atoms with Crippen molar-refractivity contribution < 1.29 is 9.90 Å². The zero-order valence-electron chi connectivity index (χ0n) is 7.58. The fraction of sp³-hybridized carbons (Fsp3) is 0.875. The van der Waals surface area contributed by atoms with E-state index in [0.717, 1.165) is 19.4 Å². The summed E-state index contributed by atoms with van der Waals surface area (Å²) in [6, 6.07) is 0.133. The van der Waals surface area contributed by atoms with Crippen molar-refractivity contribution in [1.82, 2.24) is 4.90 Å². The monoisotopic (exact) mass is 191 g/mol. The molecule has 72 valence electrons. The molecule has 1 aliphatic heterocycles. The van der Waals surface area contributed by atoms with Gasteiger partial charge in [0.25, 0.3) is 0 Å². The highest BCUT2D eigenvalue weighted by Crippen LogP contribution is 2.19. The summed E-state index contributed by atoms with van der Waals surface area (Å²) in [7, 11) is 0. The molecule has 0 aliphatic carbocycles. The molecule has 1 fully saturated rings. The molecule has 1 atom stereocenters. The van der Waals surface area contributed by atoms with E-state index in [1.54, 1.807) is 0 Å². The van der Waals surface area contributed by atoms with Crippen molar-refractivity contribution >= 4 is 19.5 Å². The average Bonchev–Trinajstić information content (AvgIpc) is 2.32. The van der Waals surface area contributed by atoms with Crippen LogP contribution in [0.5, 0.6) is 0 Å². The third kappa shape index (κ3) is 2.38. The van der Waals surface area contributed by atoms with Crippen LogP contribution in [-0.4, -0.2) is 34.6 Å². The third-order valence-electron chi connectivity index (χ3n) is 2.24. The molecule has 0 unspecified atom stereocenters. The van der Waals surface area contributed by atoms with Gasteiger partial charge in [-0.2, -0.15) is 13.5 Å². The first kappa shape index (κ1) is 11.8. The molecule has 4 heteroatoms. The lowest BCUT2D eigenvalue weighted by atomic mass is 10.2. The molecule has 0 aromatic carbocycles. The van der Waals surface area contributed by atoms with Crippen LogP contribution < -0.4 is 0 Å². The van der Waals surface area contributed by atoms with Crippen LogP contribution in [0.3, 0.4) is 0 Å². The molecule has 0 bridgehead atoms. The zero-order chi connectivity index (χ0) is 8.43. The first-order valence-electron chi connectivity index (χ1n) is 4.11. The number of nitrogens with zero attached hydrogens (tertiary/aromatic N) is 1. The van der Waals surface area contributed by atoms with E-state index in [1.807, 2.05) is 18.7 Å². The molecule has 0 saturated carbocycles. The summed E-state index contributed by atoms with van der Waals surface area (Å²) < 4.78 is 0. The predicted molar refractivity (Wildman–Crippen MR) is 52.9 cm³/mol. The van der Waals surface area contributed by atoms with Gasteiger partial charge in [0.2, 0.25) is 0 Å². The van der Waals surface area contributed by atoms with E-state index in [-0.39, 0.29) is 19.5 Å². The number of rotatable bonds is 2. The lowest BCUT2D eigenvalue weighted by molar-refractivity contribution is -0.142. The Hall–Kier alpha value is -0.220. The van der Waals surface area contributed by atoms with Crippen LogP contribution in [0.15, 0.2) is 0 Å². The summed E-state index contributed by atoms with van der Waals surface area (Å²) in [6.45, 7) is 5.02. The Balaban J connectivity index is 0.00000121. The minimum Gasteiger partial charge on any atom is -0.480 e. The maximum absolute atomic E-state index is 10.7. The maximum Gasteiger partial charge on any atom is 0.320 e. The second kappa shape index (κ2) is 4.72. The molecule has 0 radical (unpaired) electrons. The SMILES string of the molecule is CC(C)N1CCC[C@H]1C(=O)O.S. The predicted octanol–water partition coefficient (Wildman–Crippen LogP) is 1.06. The summed E-state index contributed by atoms with van der Waals surface area (Å²) in [5.74, 6) is -0.670. The van der Waals surface area contributed by atoms with Crippen molar-refractivity contribution in [2.24, 2.45) is 0 Å². The standard InChI is InChI=1S/C8H15NO2.H2S/c1-6(2)9-5-3-4-7(9)8(10)11;/h6-7H,3-5H2,1-2H3,(H,10,11);1H2/t7-;/m0./s1. The highest BCUT2D eigenvalue weighted by molar-refractivity contribution is 7.59. The summed E-state index contributed by atoms with van der Waals surface area (Å²) in [6.07, 6.45) is 1.84. The van der Waals surface area contributed by atoms with Crippen molar-refractivity contribution in [1.29, 1.82) is 0 Å². The van der Waals surface area contributed by atoms with Crippen molar-refractivity contribution in [2.45, 2.75) is 38.8 Å². The second-order valence-corrected chi connectivity index (χ2v) is 3.33. The summed E-state index contributed by atoms with van der Waals surface area (Å²) in [4.78, 5) is 12.7. The van der Waals surface area contributed by atoms with Gasteiger partial charge in [-0.1, -0.05) is 0 Å². The first-order valence-corrected chi connectivity index (χ1v) is 4.11. The van der Waals surface area contributed by atoms with Gasteiger partial charge in [-0.3, -0.25) is 9.69 Å². The average molecular weight is 191 g/mol. The van der Waals surface area contributed by atoms with E-state index in [0.29, 0.717) is 6.04 Å². The van der Waals surface area contributed by atoms with Crippen LogP contribution in [0, 0.1) is 0 Å². The van der Waals surface area contributed by atoms with Crippen molar-refractivity contribution in [3.63, 3.8) is 0 Å². The van der Waals surface area contributed by atoms with Crippen LogP contribution in [0.1, 0.15) is 26.7 Å². The molecule has 1 aliphatic rings. The zero-order valence-corrected chi connectivity index (χ0v) is 8.58. The Labute approximate surface area is 80.2 Å². The van der Waals surface area contributed by atoms with Crippen LogP contribution in [0.2, 0.25) is 0 Å². The Morgan fingerprint density at radius 2 is 2.17 bits per heavy atom. The molecule has 1 heterocycles. The Morgan fingerprint density at radius 1 is 1.58 bits per heavy atom. The Kier molecular flexibility index (Phi) is 4.63. The minimum absolute atomic E-state index is 0. The fourth-order valence-corrected chi connectivity index (χ4v) is 1.67. The molecule has 0 amide bonds. The van der Waals surface area contributed by atoms with Gasteiger partial charge < -0.3 is 5.11 Å². The van der Waals surface area contributed by atoms with Gasteiger partial charge in [-0.15, -0.1) is 0 Å². The summed E-state index contributed by atoms with van der Waals surface area (Å²) >= 11 is 0. The van der Waals surface area contributed by atoms with Gasteiger partial charge in [-0.25, -0.2) is 0 Å². The minimum atomic E-state index is -0.670. The van der Waals surface area contributed by atoms with Gasteiger partial charge in [0.15, 0.2) is 0 Å². The smallest absolute Gasteiger partial charge is 0.320 e. The topological polar surface area (TPSA) is 40.5 Å². The number of carboxylic acid groups (broad SMARTS) is 1. The second-order valence-electron chi connectivity index (χ2n) is 3.33. The van der Waals surface area contributed by atoms with Crippen molar-refractivity contribution in [3.8, 4) is 0 Å². The van der Waals surface area contributed by atoms with Gasteiger partial charge in [0.05, 0.1) is 0 Å². The number of aliphatic carboxylic acids is 1. The third-order valence-corrected chi connectivity index (χ3v) is 2.24. The van der Waals surface area contributed by atoms with Crippen molar-refractivity contribution in [3.05, 3.63) is 0 Å². The van der Waals surface area contributed by atoms with Crippen LogP contribution in [0.4, 0.5) is 0 Å². The lowest BCUT2D eigenvalue weighted by Gasteiger charge is -2.24. The number of carbonyl (C=O) groups is 1. The highest BCUT2D eigenvalue weighted by atomic mass is 32.1. The number of hydrogen-bond acceptors (Lipinski definition) is 2. The Bertz CT molecular complexity index is 161. The molecule has 1 saturated heterocycles. The van der Waals surface area contributed by atoms with E-state index in [9.17, 15) is 4.79 Å². The van der Waals surface area contributed by atoms with Crippen LogP contribution in [0.25, 0.3) is 0 Å². The van der Waals surface area contributed by atoms with E-state index >= 15 is 0 Å². The largest absolute Gasteiger partial charge is 0.480 e. The van der Waals surface area contributed by atoms with Crippen LogP contribution >= 0.6 is 13.5 Å². The molecule has 0 aromatic rings. The van der Waals surface area contributed by atoms with Gasteiger partial charge in [0, 0.05) is 6.04 Å².